The number of halogens is 1. The van der Waals surface area contributed by atoms with E-state index in [1.165, 1.54) is 0 Å². The molecule has 0 radical (unpaired) electrons. The second-order valence-electron chi connectivity index (χ2n) is 4.59. The number of rotatable bonds is 3. The Morgan fingerprint density at radius 2 is 2.00 bits per heavy atom. The molecular weight excluding hydrogens is 346 g/mol. The number of nitrogens with zero attached hydrogens (tertiary/aromatic N) is 1. The summed E-state index contributed by atoms with van der Waals surface area (Å²) in [6.07, 6.45) is 1.69. The minimum absolute atomic E-state index is 0.268. The molecule has 0 N–H and O–H groups in total. The third kappa shape index (κ3) is 2.94. The second kappa shape index (κ2) is 6.15. The summed E-state index contributed by atoms with van der Waals surface area (Å²) in [5.74, 6) is 0.496. The maximum Gasteiger partial charge on any atom is 0.363 e. The highest BCUT2D eigenvalue weighted by molar-refractivity contribution is 9.10. The summed E-state index contributed by atoms with van der Waals surface area (Å²) in [4.78, 5) is 16.3. The van der Waals surface area contributed by atoms with Gasteiger partial charge in [0, 0.05) is 10.0 Å². The SMILES string of the molecule is COc1cccc(C2=NC(=Cc3ccccc3Br)C(=O)O2)c1. The number of methoxy groups -OCH3 is 1. The number of hydrogen-bond acceptors (Lipinski definition) is 4. The highest BCUT2D eigenvalue weighted by atomic mass is 79.9. The number of hydrogen-bond donors (Lipinski definition) is 0. The first kappa shape index (κ1) is 14.5. The average Bonchev–Trinajstić information content (AvgIpc) is 2.91. The Morgan fingerprint density at radius 3 is 2.77 bits per heavy atom. The maximum absolute atomic E-state index is 12.0. The van der Waals surface area contributed by atoms with Gasteiger partial charge < -0.3 is 9.47 Å². The normalized spacial score (nSPS) is 15.6. The molecule has 0 fully saturated rings. The Kier molecular flexibility index (Phi) is 4.06. The van der Waals surface area contributed by atoms with E-state index in [1.54, 1.807) is 19.3 Å². The molecule has 0 atom stereocenters. The lowest BCUT2D eigenvalue weighted by Gasteiger charge is -2.02. The molecule has 1 aliphatic heterocycles. The van der Waals surface area contributed by atoms with Crippen LogP contribution in [0.4, 0.5) is 0 Å². The van der Waals surface area contributed by atoms with Crippen molar-refractivity contribution >= 4 is 33.9 Å². The molecule has 1 heterocycles. The van der Waals surface area contributed by atoms with Gasteiger partial charge in [0.2, 0.25) is 5.90 Å². The van der Waals surface area contributed by atoms with Crippen LogP contribution < -0.4 is 4.74 Å². The fraction of sp³-hybridized carbons (Fsp3) is 0.0588. The molecule has 0 bridgehead atoms. The van der Waals surface area contributed by atoms with Crippen molar-refractivity contribution in [2.45, 2.75) is 0 Å². The van der Waals surface area contributed by atoms with Gasteiger partial charge in [0.05, 0.1) is 7.11 Å². The van der Waals surface area contributed by atoms with E-state index in [0.717, 1.165) is 10.0 Å². The Hall–Kier alpha value is -2.40. The molecule has 0 aliphatic carbocycles. The third-order valence-corrected chi connectivity index (χ3v) is 3.86. The van der Waals surface area contributed by atoms with Gasteiger partial charge in [0.1, 0.15) is 5.75 Å². The lowest BCUT2D eigenvalue weighted by atomic mass is 10.2. The second-order valence-corrected chi connectivity index (χ2v) is 5.44. The summed E-state index contributed by atoms with van der Waals surface area (Å²) in [7, 11) is 1.58. The first-order valence-corrected chi connectivity index (χ1v) is 7.38. The predicted octanol–water partition coefficient (Wildman–Crippen LogP) is 3.80. The van der Waals surface area contributed by atoms with Crippen LogP contribution in [0.3, 0.4) is 0 Å². The average molecular weight is 358 g/mol. The molecule has 0 amide bonds. The fourth-order valence-electron chi connectivity index (χ4n) is 2.03. The molecule has 3 rings (SSSR count). The van der Waals surface area contributed by atoms with E-state index in [2.05, 4.69) is 20.9 Å². The van der Waals surface area contributed by atoms with Crippen LogP contribution in [0.5, 0.6) is 5.75 Å². The summed E-state index contributed by atoms with van der Waals surface area (Å²) in [5, 5.41) is 0. The van der Waals surface area contributed by atoms with Gasteiger partial charge in [0.25, 0.3) is 0 Å². The van der Waals surface area contributed by atoms with Crippen molar-refractivity contribution in [2.24, 2.45) is 4.99 Å². The zero-order valence-electron chi connectivity index (χ0n) is 11.7. The number of ether oxygens (including phenoxy) is 2. The predicted molar refractivity (Wildman–Crippen MR) is 87.7 cm³/mol. The number of carbonyl (C=O) groups is 1. The molecule has 5 heteroatoms. The highest BCUT2D eigenvalue weighted by Gasteiger charge is 2.24. The topological polar surface area (TPSA) is 47.9 Å². The van der Waals surface area contributed by atoms with E-state index < -0.39 is 5.97 Å². The Labute approximate surface area is 136 Å². The van der Waals surface area contributed by atoms with Crippen LogP contribution >= 0.6 is 15.9 Å². The van der Waals surface area contributed by atoms with Crippen molar-refractivity contribution in [2.75, 3.05) is 7.11 Å². The monoisotopic (exact) mass is 357 g/mol. The lowest BCUT2D eigenvalue weighted by Crippen LogP contribution is -2.05. The van der Waals surface area contributed by atoms with Crippen LogP contribution in [-0.2, 0) is 9.53 Å². The summed E-state index contributed by atoms with van der Waals surface area (Å²) in [6, 6.07) is 14.8. The molecular formula is C17H12BrNO3. The number of cyclic esters (lactones) is 1. The van der Waals surface area contributed by atoms with Crippen molar-refractivity contribution in [1.29, 1.82) is 0 Å². The summed E-state index contributed by atoms with van der Waals surface area (Å²) in [6.45, 7) is 0. The Morgan fingerprint density at radius 1 is 1.18 bits per heavy atom. The van der Waals surface area contributed by atoms with E-state index in [9.17, 15) is 4.79 Å². The highest BCUT2D eigenvalue weighted by Crippen LogP contribution is 2.24. The zero-order chi connectivity index (χ0) is 15.5. The van der Waals surface area contributed by atoms with Gasteiger partial charge in [0.15, 0.2) is 5.70 Å². The Balaban J connectivity index is 1.96. The van der Waals surface area contributed by atoms with Crippen LogP contribution in [0.1, 0.15) is 11.1 Å². The summed E-state index contributed by atoms with van der Waals surface area (Å²) < 4.78 is 11.3. The van der Waals surface area contributed by atoms with Gasteiger partial charge >= 0.3 is 5.97 Å². The number of carbonyl (C=O) groups excluding carboxylic acids is 1. The quantitative estimate of drug-likeness (QED) is 0.619. The summed E-state index contributed by atoms with van der Waals surface area (Å²) in [5.41, 5.74) is 1.83. The maximum atomic E-state index is 12.0. The molecule has 110 valence electrons. The van der Waals surface area contributed by atoms with Gasteiger partial charge in [-0.3, -0.25) is 0 Å². The number of benzene rings is 2. The molecule has 0 saturated carbocycles. The number of aliphatic imine (C=N–C) groups is 1. The zero-order valence-corrected chi connectivity index (χ0v) is 13.3. The fourth-order valence-corrected chi connectivity index (χ4v) is 2.43. The van der Waals surface area contributed by atoms with Crippen LogP contribution in [0, 0.1) is 0 Å². The van der Waals surface area contributed by atoms with Gasteiger partial charge in [-0.2, -0.15) is 0 Å². The van der Waals surface area contributed by atoms with Gasteiger partial charge in [-0.25, -0.2) is 9.79 Å². The standard InChI is InChI=1S/C17H12BrNO3/c1-21-13-7-4-6-12(9-13)16-19-15(17(20)22-16)10-11-5-2-3-8-14(11)18/h2-10H,1H3. The molecule has 0 saturated heterocycles. The van der Waals surface area contributed by atoms with Crippen molar-refractivity contribution in [1.82, 2.24) is 0 Å². The van der Waals surface area contributed by atoms with E-state index in [1.807, 2.05) is 42.5 Å². The minimum atomic E-state index is -0.464. The van der Waals surface area contributed by atoms with Crippen LogP contribution in [0.15, 0.2) is 63.7 Å². The molecule has 0 spiro atoms. The number of esters is 1. The lowest BCUT2D eigenvalue weighted by molar-refractivity contribution is -0.129. The van der Waals surface area contributed by atoms with Crippen molar-refractivity contribution in [3.63, 3.8) is 0 Å². The first-order valence-electron chi connectivity index (χ1n) is 6.59. The summed E-state index contributed by atoms with van der Waals surface area (Å²) >= 11 is 3.44. The van der Waals surface area contributed by atoms with Crippen LogP contribution in [0.2, 0.25) is 0 Å². The van der Waals surface area contributed by atoms with Crippen molar-refractivity contribution in [3.05, 3.63) is 69.8 Å². The van der Waals surface area contributed by atoms with Crippen molar-refractivity contribution in [3.8, 4) is 5.75 Å². The van der Waals surface area contributed by atoms with Crippen LogP contribution in [0.25, 0.3) is 6.08 Å². The molecule has 4 nitrogen and oxygen atoms in total. The molecule has 0 aromatic heterocycles. The van der Waals surface area contributed by atoms with E-state index in [4.69, 9.17) is 9.47 Å². The van der Waals surface area contributed by atoms with E-state index in [0.29, 0.717) is 11.3 Å². The molecule has 2 aromatic carbocycles. The Bertz CT molecular complexity index is 796. The molecule has 22 heavy (non-hydrogen) atoms. The van der Waals surface area contributed by atoms with Gasteiger partial charge in [-0.1, -0.05) is 40.2 Å². The molecule has 1 aliphatic rings. The minimum Gasteiger partial charge on any atom is -0.497 e. The van der Waals surface area contributed by atoms with Crippen molar-refractivity contribution < 1.29 is 14.3 Å². The smallest absolute Gasteiger partial charge is 0.363 e. The molecule has 0 unspecified atom stereocenters. The first-order chi connectivity index (χ1) is 10.7. The molecule has 2 aromatic rings. The van der Waals surface area contributed by atoms with E-state index >= 15 is 0 Å². The van der Waals surface area contributed by atoms with Gasteiger partial charge in [-0.15, -0.1) is 0 Å². The van der Waals surface area contributed by atoms with E-state index in [-0.39, 0.29) is 11.6 Å². The largest absolute Gasteiger partial charge is 0.497 e. The van der Waals surface area contributed by atoms with Crippen LogP contribution in [-0.4, -0.2) is 19.0 Å². The third-order valence-electron chi connectivity index (χ3n) is 3.13. The van der Waals surface area contributed by atoms with Gasteiger partial charge in [-0.05, 0) is 35.9 Å².